The van der Waals surface area contributed by atoms with Crippen LogP contribution in [0.5, 0.6) is 5.75 Å². The molecular formula is C19H21ClN2O5S. The minimum absolute atomic E-state index is 0.00839. The molecule has 1 amide bonds. The Balaban J connectivity index is 1.83. The molecule has 1 aliphatic rings. The highest BCUT2D eigenvalue weighted by Crippen LogP contribution is 2.28. The highest BCUT2D eigenvalue weighted by Gasteiger charge is 2.30. The van der Waals surface area contributed by atoms with Crippen LogP contribution >= 0.6 is 11.6 Å². The van der Waals surface area contributed by atoms with Crippen molar-refractivity contribution in [1.82, 2.24) is 4.31 Å². The largest absolute Gasteiger partial charge is 0.506 e. The van der Waals surface area contributed by atoms with Gasteiger partial charge in [-0.1, -0.05) is 17.7 Å². The van der Waals surface area contributed by atoms with Gasteiger partial charge in [0, 0.05) is 30.3 Å². The first-order valence-electron chi connectivity index (χ1n) is 8.82. The fourth-order valence-corrected chi connectivity index (χ4v) is 4.92. The Kier molecular flexibility index (Phi) is 6.24. The first kappa shape index (κ1) is 20.6. The van der Waals surface area contributed by atoms with Gasteiger partial charge < -0.3 is 15.5 Å². The Labute approximate surface area is 168 Å². The van der Waals surface area contributed by atoms with E-state index < -0.39 is 15.9 Å². The number of benzene rings is 2. The Morgan fingerprint density at radius 2 is 2.04 bits per heavy atom. The zero-order valence-corrected chi connectivity index (χ0v) is 16.6. The molecule has 0 spiro atoms. The summed E-state index contributed by atoms with van der Waals surface area (Å²) in [5.41, 5.74) is 0.267. The number of aromatic hydroxyl groups is 1. The van der Waals surface area contributed by atoms with Crippen molar-refractivity contribution in [1.29, 1.82) is 0 Å². The van der Waals surface area contributed by atoms with Gasteiger partial charge in [0.15, 0.2) is 0 Å². The van der Waals surface area contributed by atoms with Crippen LogP contribution in [0.15, 0.2) is 47.4 Å². The highest BCUT2D eigenvalue weighted by molar-refractivity contribution is 7.89. The molecule has 1 unspecified atom stereocenters. The second-order valence-electron chi connectivity index (χ2n) is 6.70. The highest BCUT2D eigenvalue weighted by atomic mass is 35.5. The molecule has 28 heavy (non-hydrogen) atoms. The molecule has 0 aromatic heterocycles. The van der Waals surface area contributed by atoms with Gasteiger partial charge in [-0.25, -0.2) is 8.42 Å². The Morgan fingerprint density at radius 3 is 2.79 bits per heavy atom. The second kappa shape index (κ2) is 8.48. The Bertz CT molecular complexity index is 980. The molecule has 0 radical (unpaired) electrons. The number of carbonyl (C=O) groups is 1. The van der Waals surface area contributed by atoms with Crippen LogP contribution in [0.1, 0.15) is 23.2 Å². The zero-order valence-electron chi connectivity index (χ0n) is 15.0. The molecule has 1 saturated heterocycles. The molecule has 2 aromatic rings. The molecule has 1 heterocycles. The lowest BCUT2D eigenvalue weighted by atomic mass is 10.0. The standard InChI is InChI=1S/C19H21ClN2O5S/c20-15-6-7-18(24)17(10-15)21-19(25)14-4-1-5-16(9-14)28(26,27)22-8-2-3-13(11-22)12-23/h1,4-7,9-10,13,23-24H,2-3,8,11-12H2,(H,21,25). The summed E-state index contributed by atoms with van der Waals surface area (Å²) < 4.78 is 27.2. The number of nitrogens with zero attached hydrogens (tertiary/aromatic N) is 1. The Hall–Kier alpha value is -2.13. The van der Waals surface area contributed by atoms with Crippen molar-refractivity contribution < 1.29 is 23.4 Å². The number of aliphatic hydroxyl groups is 1. The molecule has 3 N–H and O–H groups in total. The minimum atomic E-state index is -3.78. The van der Waals surface area contributed by atoms with E-state index in [0.717, 1.165) is 6.42 Å². The van der Waals surface area contributed by atoms with Gasteiger partial charge in [-0.15, -0.1) is 0 Å². The van der Waals surface area contributed by atoms with Crippen LogP contribution in [0.2, 0.25) is 5.02 Å². The van der Waals surface area contributed by atoms with E-state index in [9.17, 15) is 23.4 Å². The molecule has 9 heteroatoms. The molecule has 3 rings (SSSR count). The van der Waals surface area contributed by atoms with Crippen LogP contribution < -0.4 is 5.32 Å². The summed E-state index contributed by atoms with van der Waals surface area (Å²) in [4.78, 5) is 12.5. The van der Waals surface area contributed by atoms with Crippen LogP contribution in [0.25, 0.3) is 0 Å². The van der Waals surface area contributed by atoms with Gasteiger partial charge in [-0.05, 0) is 55.2 Å². The van der Waals surface area contributed by atoms with Crippen molar-refractivity contribution in [3.05, 3.63) is 53.1 Å². The summed E-state index contributed by atoms with van der Waals surface area (Å²) >= 11 is 5.88. The van der Waals surface area contributed by atoms with Gasteiger partial charge in [-0.3, -0.25) is 4.79 Å². The van der Waals surface area contributed by atoms with Gasteiger partial charge in [0.25, 0.3) is 5.91 Å². The van der Waals surface area contributed by atoms with Crippen molar-refractivity contribution in [2.75, 3.05) is 25.0 Å². The zero-order chi connectivity index (χ0) is 20.3. The summed E-state index contributed by atoms with van der Waals surface area (Å²) in [6.45, 7) is 0.578. The number of carbonyl (C=O) groups excluding carboxylic acids is 1. The number of halogens is 1. The first-order chi connectivity index (χ1) is 13.3. The number of rotatable bonds is 5. The van der Waals surface area contributed by atoms with E-state index in [0.29, 0.717) is 18.0 Å². The number of hydrogen-bond donors (Lipinski definition) is 3. The average molecular weight is 425 g/mol. The van der Waals surface area contributed by atoms with Gasteiger partial charge in [0.1, 0.15) is 5.75 Å². The third kappa shape index (κ3) is 4.47. The fourth-order valence-electron chi connectivity index (χ4n) is 3.14. The third-order valence-electron chi connectivity index (χ3n) is 4.68. The van der Waals surface area contributed by atoms with Crippen molar-refractivity contribution >= 4 is 33.2 Å². The Morgan fingerprint density at radius 1 is 1.25 bits per heavy atom. The summed E-state index contributed by atoms with van der Waals surface area (Å²) in [5, 5.41) is 22.0. The molecule has 1 aliphatic heterocycles. The van der Waals surface area contributed by atoms with Gasteiger partial charge >= 0.3 is 0 Å². The van der Waals surface area contributed by atoms with Crippen LogP contribution in [0.3, 0.4) is 0 Å². The topological polar surface area (TPSA) is 107 Å². The van der Waals surface area contributed by atoms with Gasteiger partial charge in [0.05, 0.1) is 10.6 Å². The number of amides is 1. The summed E-state index contributed by atoms with van der Waals surface area (Å²) in [6.07, 6.45) is 1.47. The van der Waals surface area contributed by atoms with Gasteiger partial charge in [-0.2, -0.15) is 4.31 Å². The van der Waals surface area contributed by atoms with E-state index in [2.05, 4.69) is 5.32 Å². The van der Waals surface area contributed by atoms with E-state index in [4.69, 9.17) is 11.6 Å². The SMILES string of the molecule is O=C(Nc1cc(Cl)ccc1O)c1cccc(S(=O)(=O)N2CCCC(CO)C2)c1. The van der Waals surface area contributed by atoms with E-state index in [1.54, 1.807) is 0 Å². The number of piperidine rings is 1. The summed E-state index contributed by atoms with van der Waals surface area (Å²) in [5.74, 6) is -0.799. The van der Waals surface area contributed by atoms with E-state index in [-0.39, 0.29) is 41.0 Å². The molecule has 7 nitrogen and oxygen atoms in total. The molecule has 0 bridgehead atoms. The summed E-state index contributed by atoms with van der Waals surface area (Å²) in [7, 11) is -3.78. The predicted molar refractivity (Wildman–Crippen MR) is 106 cm³/mol. The number of sulfonamides is 1. The lowest BCUT2D eigenvalue weighted by molar-refractivity contribution is 0.102. The van der Waals surface area contributed by atoms with Crippen LogP contribution in [0, 0.1) is 5.92 Å². The lowest BCUT2D eigenvalue weighted by Gasteiger charge is -2.31. The predicted octanol–water partition coefficient (Wildman–Crippen LogP) is 2.69. The molecule has 2 aromatic carbocycles. The maximum Gasteiger partial charge on any atom is 0.255 e. The van der Waals surface area contributed by atoms with Crippen LogP contribution in [-0.2, 0) is 10.0 Å². The second-order valence-corrected chi connectivity index (χ2v) is 9.07. The minimum Gasteiger partial charge on any atom is -0.506 e. The maximum atomic E-state index is 12.9. The summed E-state index contributed by atoms with van der Waals surface area (Å²) in [6, 6.07) is 9.96. The van der Waals surface area contributed by atoms with Crippen LogP contribution in [0.4, 0.5) is 5.69 Å². The monoisotopic (exact) mass is 424 g/mol. The number of phenols is 1. The first-order valence-corrected chi connectivity index (χ1v) is 10.6. The van der Waals surface area contributed by atoms with Crippen molar-refractivity contribution in [3.63, 3.8) is 0 Å². The molecule has 1 fully saturated rings. The van der Waals surface area contributed by atoms with E-state index in [1.807, 2.05) is 0 Å². The number of aliphatic hydroxyl groups excluding tert-OH is 1. The van der Waals surface area contributed by atoms with E-state index >= 15 is 0 Å². The molecule has 150 valence electrons. The van der Waals surface area contributed by atoms with Crippen molar-refractivity contribution in [2.45, 2.75) is 17.7 Å². The molecule has 1 atom stereocenters. The van der Waals surface area contributed by atoms with Crippen molar-refractivity contribution in [3.8, 4) is 5.75 Å². The smallest absolute Gasteiger partial charge is 0.255 e. The molecule has 0 aliphatic carbocycles. The quantitative estimate of drug-likeness (QED) is 0.640. The number of hydrogen-bond acceptors (Lipinski definition) is 5. The number of phenolic OH excluding ortho intramolecular Hbond substituents is 1. The van der Waals surface area contributed by atoms with Crippen LogP contribution in [-0.4, -0.2) is 48.5 Å². The van der Waals surface area contributed by atoms with E-state index in [1.165, 1.54) is 46.8 Å². The average Bonchev–Trinajstić information content (AvgIpc) is 2.70. The number of anilines is 1. The normalized spacial score (nSPS) is 18.0. The maximum absolute atomic E-state index is 12.9. The van der Waals surface area contributed by atoms with Crippen molar-refractivity contribution in [2.24, 2.45) is 5.92 Å². The molecule has 0 saturated carbocycles. The number of nitrogens with one attached hydrogen (secondary N) is 1. The van der Waals surface area contributed by atoms with Gasteiger partial charge in [0.2, 0.25) is 10.0 Å². The lowest BCUT2D eigenvalue weighted by Crippen LogP contribution is -2.40. The molecular weight excluding hydrogens is 404 g/mol. The third-order valence-corrected chi connectivity index (χ3v) is 6.78. The fraction of sp³-hybridized carbons (Fsp3) is 0.316.